The molecule has 1 saturated heterocycles. The third-order valence-corrected chi connectivity index (χ3v) is 5.10. The van der Waals surface area contributed by atoms with Gasteiger partial charge in [0, 0.05) is 52.5 Å². The zero-order chi connectivity index (χ0) is 19.6. The lowest BCUT2D eigenvalue weighted by atomic mass is 10.1. The summed E-state index contributed by atoms with van der Waals surface area (Å²) >= 11 is 0. The van der Waals surface area contributed by atoms with Crippen LogP contribution in [0.25, 0.3) is 0 Å². The van der Waals surface area contributed by atoms with Crippen molar-refractivity contribution in [3.8, 4) is 0 Å². The average Bonchev–Trinajstić information content (AvgIpc) is 2.75. The number of benzene rings is 1. The molecule has 0 amide bonds. The highest BCUT2D eigenvalue weighted by Crippen LogP contribution is 2.14. The van der Waals surface area contributed by atoms with Gasteiger partial charge in [0.1, 0.15) is 5.82 Å². The second-order valence-electron chi connectivity index (χ2n) is 7.25. The summed E-state index contributed by atoms with van der Waals surface area (Å²) in [7, 11) is 3.98. The van der Waals surface area contributed by atoms with Gasteiger partial charge in [-0.25, -0.2) is 4.98 Å². The minimum absolute atomic E-state index is 0.738. The van der Waals surface area contributed by atoms with E-state index in [1.165, 1.54) is 11.1 Å². The van der Waals surface area contributed by atoms with Crippen molar-refractivity contribution in [1.82, 2.24) is 20.5 Å². The number of guanidine groups is 1. The van der Waals surface area contributed by atoms with E-state index in [2.05, 4.69) is 79.9 Å². The zero-order valence-electron chi connectivity index (χ0n) is 17.1. The molecule has 0 unspecified atom stereocenters. The maximum absolute atomic E-state index is 4.56. The Bertz CT molecular complexity index is 738. The van der Waals surface area contributed by atoms with Crippen molar-refractivity contribution in [3.63, 3.8) is 0 Å². The highest BCUT2D eigenvalue weighted by atomic mass is 15.3. The maximum atomic E-state index is 4.56. The van der Waals surface area contributed by atoms with Crippen LogP contribution in [0.5, 0.6) is 0 Å². The molecule has 0 saturated carbocycles. The fourth-order valence-corrected chi connectivity index (χ4v) is 3.33. The van der Waals surface area contributed by atoms with Crippen molar-refractivity contribution in [2.45, 2.75) is 19.4 Å². The van der Waals surface area contributed by atoms with Gasteiger partial charge in [0.15, 0.2) is 5.96 Å². The Kier molecular flexibility index (Phi) is 7.67. The van der Waals surface area contributed by atoms with E-state index < -0.39 is 0 Å². The molecule has 1 aromatic heterocycles. The van der Waals surface area contributed by atoms with Gasteiger partial charge >= 0.3 is 0 Å². The van der Waals surface area contributed by atoms with Gasteiger partial charge in [0.05, 0.1) is 0 Å². The first-order valence-corrected chi connectivity index (χ1v) is 10.1. The van der Waals surface area contributed by atoms with E-state index in [-0.39, 0.29) is 0 Å². The Morgan fingerprint density at radius 3 is 2.57 bits per heavy atom. The Balaban J connectivity index is 1.42. The lowest BCUT2D eigenvalue weighted by Crippen LogP contribution is -2.44. The summed E-state index contributed by atoms with van der Waals surface area (Å²) < 4.78 is 0. The molecule has 2 heterocycles. The van der Waals surface area contributed by atoms with Gasteiger partial charge in [0.25, 0.3) is 0 Å². The minimum atomic E-state index is 0.738. The third-order valence-electron chi connectivity index (χ3n) is 5.10. The molecule has 1 aromatic carbocycles. The predicted molar refractivity (Wildman–Crippen MR) is 117 cm³/mol. The van der Waals surface area contributed by atoms with Crippen molar-refractivity contribution < 1.29 is 0 Å². The Labute approximate surface area is 168 Å². The van der Waals surface area contributed by atoms with Crippen molar-refractivity contribution in [3.05, 3.63) is 59.8 Å². The number of hydrogen-bond donors (Lipinski definition) is 2. The highest BCUT2D eigenvalue weighted by Gasteiger charge is 2.15. The quantitative estimate of drug-likeness (QED) is 0.438. The van der Waals surface area contributed by atoms with E-state index in [1.54, 1.807) is 0 Å². The molecule has 1 fully saturated rings. The minimum Gasteiger partial charge on any atom is -0.356 e. The molecule has 150 valence electrons. The van der Waals surface area contributed by atoms with Gasteiger partial charge in [-0.1, -0.05) is 30.3 Å². The van der Waals surface area contributed by atoms with Crippen LogP contribution in [0.3, 0.4) is 0 Å². The summed E-state index contributed by atoms with van der Waals surface area (Å²) in [5.74, 6) is 1.91. The van der Waals surface area contributed by atoms with E-state index in [1.807, 2.05) is 13.2 Å². The number of hydrogen-bond acceptors (Lipinski definition) is 4. The standard InChI is InChI=1S/C22H32N6/c1-23-22(25-11-6-9-19-7-4-3-5-8-19)26-18-20-10-12-24-21(17-20)28-15-13-27(2)14-16-28/h3-5,7-8,10,12,17H,6,9,11,13-16,18H2,1-2H3,(H2,23,25,26). The molecular weight excluding hydrogens is 348 g/mol. The Morgan fingerprint density at radius 1 is 1.04 bits per heavy atom. The van der Waals surface area contributed by atoms with Gasteiger partial charge in [-0.2, -0.15) is 0 Å². The van der Waals surface area contributed by atoms with Crippen LogP contribution in [-0.4, -0.2) is 62.7 Å². The molecule has 1 aliphatic rings. The number of pyridine rings is 1. The van der Waals surface area contributed by atoms with Crippen LogP contribution in [0.4, 0.5) is 5.82 Å². The van der Waals surface area contributed by atoms with Gasteiger partial charge < -0.3 is 20.4 Å². The first-order valence-electron chi connectivity index (χ1n) is 10.1. The number of aromatic nitrogens is 1. The van der Waals surface area contributed by atoms with E-state index in [9.17, 15) is 0 Å². The maximum Gasteiger partial charge on any atom is 0.191 e. The van der Waals surface area contributed by atoms with Crippen LogP contribution in [0.2, 0.25) is 0 Å². The summed E-state index contributed by atoms with van der Waals surface area (Å²) in [4.78, 5) is 13.6. The van der Waals surface area contributed by atoms with Crippen LogP contribution in [0, 0.1) is 0 Å². The van der Waals surface area contributed by atoms with Gasteiger partial charge in [-0.05, 0) is 43.1 Å². The van der Waals surface area contributed by atoms with Crippen molar-refractivity contribution in [1.29, 1.82) is 0 Å². The van der Waals surface area contributed by atoms with Gasteiger partial charge in [-0.3, -0.25) is 4.99 Å². The summed E-state index contributed by atoms with van der Waals surface area (Å²) in [5, 5.41) is 6.81. The summed E-state index contributed by atoms with van der Waals surface area (Å²) in [6, 6.07) is 14.8. The third kappa shape index (κ3) is 6.23. The second kappa shape index (κ2) is 10.7. The molecule has 0 aliphatic carbocycles. The predicted octanol–water partition coefficient (Wildman–Crippen LogP) is 2.13. The molecule has 6 nitrogen and oxygen atoms in total. The molecule has 2 N–H and O–H groups in total. The summed E-state index contributed by atoms with van der Waals surface area (Å²) in [6.07, 6.45) is 4.05. The van der Waals surface area contributed by atoms with E-state index in [0.29, 0.717) is 0 Å². The largest absolute Gasteiger partial charge is 0.356 e. The molecule has 2 aromatic rings. The SMILES string of the molecule is CN=C(NCCCc1ccccc1)NCc1ccnc(N2CCN(C)CC2)c1. The van der Waals surface area contributed by atoms with Crippen LogP contribution >= 0.6 is 0 Å². The first kappa shape index (κ1) is 20.1. The number of piperazine rings is 1. The van der Waals surface area contributed by atoms with Crippen molar-refractivity contribution in [2.24, 2.45) is 4.99 Å². The molecule has 0 radical (unpaired) electrons. The number of likely N-dealkylation sites (N-methyl/N-ethyl adjacent to an activating group) is 1. The fraction of sp³-hybridized carbons (Fsp3) is 0.455. The van der Waals surface area contributed by atoms with Crippen LogP contribution < -0.4 is 15.5 Å². The summed E-state index contributed by atoms with van der Waals surface area (Å²) in [5.41, 5.74) is 2.59. The number of nitrogens with one attached hydrogen (secondary N) is 2. The molecule has 0 bridgehead atoms. The molecule has 0 spiro atoms. The molecule has 6 heteroatoms. The lowest BCUT2D eigenvalue weighted by molar-refractivity contribution is 0.312. The second-order valence-corrected chi connectivity index (χ2v) is 7.25. The van der Waals surface area contributed by atoms with Crippen molar-refractivity contribution in [2.75, 3.05) is 51.7 Å². The monoisotopic (exact) mass is 380 g/mol. The molecule has 3 rings (SSSR count). The number of nitrogens with zero attached hydrogens (tertiary/aromatic N) is 4. The average molecular weight is 381 g/mol. The molecular formula is C22H32N6. The first-order chi connectivity index (χ1) is 13.7. The highest BCUT2D eigenvalue weighted by molar-refractivity contribution is 5.79. The van der Waals surface area contributed by atoms with Gasteiger partial charge in [-0.15, -0.1) is 0 Å². The van der Waals surface area contributed by atoms with Gasteiger partial charge in [0.2, 0.25) is 0 Å². The summed E-state index contributed by atoms with van der Waals surface area (Å²) in [6.45, 7) is 5.88. The lowest BCUT2D eigenvalue weighted by Gasteiger charge is -2.33. The zero-order valence-corrected chi connectivity index (χ0v) is 17.1. The number of rotatable bonds is 7. The smallest absolute Gasteiger partial charge is 0.191 e. The van der Waals surface area contributed by atoms with Crippen LogP contribution in [0.15, 0.2) is 53.7 Å². The topological polar surface area (TPSA) is 55.8 Å². The molecule has 0 atom stereocenters. The van der Waals surface area contributed by atoms with Crippen molar-refractivity contribution >= 4 is 11.8 Å². The normalized spacial score (nSPS) is 15.5. The Morgan fingerprint density at radius 2 is 1.82 bits per heavy atom. The van der Waals surface area contributed by atoms with E-state index >= 15 is 0 Å². The Hall–Kier alpha value is -2.60. The van der Waals surface area contributed by atoms with Crippen LogP contribution in [-0.2, 0) is 13.0 Å². The van der Waals surface area contributed by atoms with E-state index in [0.717, 1.165) is 63.9 Å². The molecule has 1 aliphatic heterocycles. The van der Waals surface area contributed by atoms with E-state index in [4.69, 9.17) is 0 Å². The molecule has 28 heavy (non-hydrogen) atoms. The number of aryl methyl sites for hydroxylation is 1. The van der Waals surface area contributed by atoms with Crippen LogP contribution in [0.1, 0.15) is 17.5 Å². The number of aliphatic imine (C=N–C) groups is 1. The number of anilines is 1. The fourth-order valence-electron chi connectivity index (χ4n) is 3.33.